The van der Waals surface area contributed by atoms with Crippen molar-refractivity contribution in [3.63, 3.8) is 0 Å². The van der Waals surface area contributed by atoms with E-state index in [-0.39, 0.29) is 10.8 Å². The van der Waals surface area contributed by atoms with Gasteiger partial charge in [0.15, 0.2) is 9.84 Å². The quantitative estimate of drug-likeness (QED) is 0.909. The molecule has 1 aliphatic carbocycles. The highest BCUT2D eigenvalue weighted by Gasteiger charge is 2.63. The van der Waals surface area contributed by atoms with E-state index < -0.39 is 27.1 Å². The van der Waals surface area contributed by atoms with Crippen LogP contribution >= 0.6 is 0 Å². The van der Waals surface area contributed by atoms with Gasteiger partial charge >= 0.3 is 5.97 Å². The van der Waals surface area contributed by atoms with Gasteiger partial charge in [0.05, 0.1) is 10.8 Å². The van der Waals surface area contributed by atoms with Crippen LogP contribution in [-0.2, 0) is 14.6 Å². The third-order valence-corrected chi connectivity index (χ3v) is 4.92. The summed E-state index contributed by atoms with van der Waals surface area (Å²) in [5.74, 6) is -1.62. The molecule has 0 aliphatic heterocycles. The molecular weight excluding hydrogens is 252 g/mol. The molecule has 5 heteroatoms. The van der Waals surface area contributed by atoms with E-state index in [1.54, 1.807) is 18.2 Å². The molecule has 0 spiro atoms. The molecular formula is C13H16O4S. The lowest BCUT2D eigenvalue weighted by Gasteiger charge is -2.08. The Labute approximate surface area is 107 Å². The smallest absolute Gasteiger partial charge is 0.307 e. The highest BCUT2D eigenvalue weighted by molar-refractivity contribution is 7.90. The van der Waals surface area contributed by atoms with E-state index in [0.717, 1.165) is 6.26 Å². The number of sulfone groups is 1. The molecule has 1 fully saturated rings. The molecule has 1 saturated carbocycles. The molecule has 4 nitrogen and oxygen atoms in total. The van der Waals surface area contributed by atoms with Gasteiger partial charge in [-0.05, 0) is 17.0 Å². The Morgan fingerprint density at radius 3 is 2.28 bits per heavy atom. The monoisotopic (exact) mass is 268 g/mol. The number of carboxylic acid groups (broad SMARTS) is 1. The van der Waals surface area contributed by atoms with Gasteiger partial charge in [-0.25, -0.2) is 8.42 Å². The van der Waals surface area contributed by atoms with E-state index in [4.69, 9.17) is 5.11 Å². The van der Waals surface area contributed by atoms with Gasteiger partial charge in [0, 0.05) is 12.2 Å². The molecule has 0 unspecified atom stereocenters. The fourth-order valence-electron chi connectivity index (χ4n) is 2.75. The number of carboxylic acids is 1. The molecule has 0 amide bonds. The Morgan fingerprint density at radius 1 is 1.28 bits per heavy atom. The van der Waals surface area contributed by atoms with Crippen molar-refractivity contribution in [2.75, 3.05) is 6.26 Å². The van der Waals surface area contributed by atoms with Crippen molar-refractivity contribution in [3.05, 3.63) is 29.8 Å². The molecule has 98 valence electrons. The van der Waals surface area contributed by atoms with Crippen LogP contribution in [0.1, 0.15) is 25.3 Å². The van der Waals surface area contributed by atoms with Gasteiger partial charge in [0.1, 0.15) is 0 Å². The molecule has 0 radical (unpaired) electrons. The van der Waals surface area contributed by atoms with Crippen LogP contribution in [0.5, 0.6) is 0 Å². The highest BCUT2D eigenvalue weighted by atomic mass is 32.2. The zero-order valence-electron chi connectivity index (χ0n) is 10.5. The first-order chi connectivity index (χ1) is 8.17. The number of carbonyl (C=O) groups is 1. The fourth-order valence-corrected chi connectivity index (χ4v) is 3.70. The highest BCUT2D eigenvalue weighted by Crippen LogP contribution is 2.65. The molecule has 0 saturated heterocycles. The van der Waals surface area contributed by atoms with Crippen molar-refractivity contribution >= 4 is 15.8 Å². The van der Waals surface area contributed by atoms with Crippen molar-refractivity contribution in [1.29, 1.82) is 0 Å². The molecule has 1 aromatic rings. The van der Waals surface area contributed by atoms with Crippen LogP contribution in [0.25, 0.3) is 0 Å². The Kier molecular flexibility index (Phi) is 2.77. The SMILES string of the molecule is CC1(C)[C@H](C(=O)O)[C@H]1c1ccccc1S(C)(=O)=O. The predicted molar refractivity (Wildman–Crippen MR) is 67.2 cm³/mol. The van der Waals surface area contributed by atoms with Gasteiger partial charge in [-0.2, -0.15) is 0 Å². The second-order valence-electron chi connectivity index (χ2n) is 5.42. The molecule has 1 N–H and O–H groups in total. The minimum atomic E-state index is -3.33. The van der Waals surface area contributed by atoms with Crippen molar-refractivity contribution in [2.45, 2.75) is 24.7 Å². The van der Waals surface area contributed by atoms with E-state index in [2.05, 4.69) is 0 Å². The largest absolute Gasteiger partial charge is 0.481 e. The average molecular weight is 268 g/mol. The second kappa shape index (κ2) is 3.82. The van der Waals surface area contributed by atoms with Crippen molar-refractivity contribution in [3.8, 4) is 0 Å². The summed E-state index contributed by atoms with van der Waals surface area (Å²) in [6.45, 7) is 3.71. The lowest BCUT2D eigenvalue weighted by molar-refractivity contribution is -0.139. The summed E-state index contributed by atoms with van der Waals surface area (Å²) < 4.78 is 23.5. The van der Waals surface area contributed by atoms with E-state index in [1.807, 2.05) is 13.8 Å². The van der Waals surface area contributed by atoms with E-state index in [1.165, 1.54) is 6.07 Å². The second-order valence-corrected chi connectivity index (χ2v) is 7.41. The number of benzene rings is 1. The van der Waals surface area contributed by atoms with Crippen molar-refractivity contribution < 1.29 is 18.3 Å². The third kappa shape index (κ3) is 1.92. The Morgan fingerprint density at radius 2 is 1.83 bits per heavy atom. The summed E-state index contributed by atoms with van der Waals surface area (Å²) in [5.41, 5.74) is 0.226. The van der Waals surface area contributed by atoms with Gasteiger partial charge in [-0.15, -0.1) is 0 Å². The summed E-state index contributed by atoms with van der Waals surface area (Å²) in [7, 11) is -3.33. The first kappa shape index (κ1) is 13.1. The first-order valence-corrected chi connectivity index (χ1v) is 7.58. The van der Waals surface area contributed by atoms with Gasteiger partial charge in [-0.1, -0.05) is 32.0 Å². The summed E-state index contributed by atoms with van der Waals surface area (Å²) in [5, 5.41) is 9.16. The zero-order chi connectivity index (χ0) is 13.7. The lowest BCUT2D eigenvalue weighted by Crippen LogP contribution is -2.04. The van der Waals surface area contributed by atoms with Crippen molar-refractivity contribution in [1.82, 2.24) is 0 Å². The molecule has 1 aromatic carbocycles. The van der Waals surface area contributed by atoms with E-state index in [9.17, 15) is 13.2 Å². The van der Waals surface area contributed by atoms with Crippen LogP contribution in [0, 0.1) is 11.3 Å². The van der Waals surface area contributed by atoms with Crippen LogP contribution < -0.4 is 0 Å². The van der Waals surface area contributed by atoms with Gasteiger partial charge in [0.25, 0.3) is 0 Å². The minimum Gasteiger partial charge on any atom is -0.481 e. The van der Waals surface area contributed by atoms with Gasteiger partial charge < -0.3 is 5.11 Å². The first-order valence-electron chi connectivity index (χ1n) is 5.69. The molecule has 0 bridgehead atoms. The van der Waals surface area contributed by atoms with Gasteiger partial charge in [0.2, 0.25) is 0 Å². The number of aliphatic carboxylic acids is 1. The summed E-state index contributed by atoms with van der Waals surface area (Å²) in [6.07, 6.45) is 1.15. The minimum absolute atomic E-state index is 0.235. The predicted octanol–water partition coefficient (Wildman–Crippen LogP) is 1.91. The maximum Gasteiger partial charge on any atom is 0.307 e. The Balaban J connectivity index is 2.53. The maximum absolute atomic E-state index is 11.7. The van der Waals surface area contributed by atoms with Gasteiger partial charge in [-0.3, -0.25) is 4.79 Å². The van der Waals surface area contributed by atoms with Crippen LogP contribution in [0.15, 0.2) is 29.2 Å². The van der Waals surface area contributed by atoms with Crippen LogP contribution in [0.4, 0.5) is 0 Å². The Hall–Kier alpha value is -1.36. The summed E-state index contributed by atoms with van der Waals surface area (Å²) in [4.78, 5) is 11.4. The van der Waals surface area contributed by atoms with Crippen LogP contribution in [-0.4, -0.2) is 25.7 Å². The standard InChI is InChI=1S/C13H16O4S/c1-13(2)10(11(13)12(14)15)8-6-4-5-7-9(8)18(3,16)17/h4-7,10-11H,1-3H3,(H,14,15)/t10-,11+/m1/s1. The number of rotatable bonds is 3. The normalized spacial score (nSPS) is 25.7. The van der Waals surface area contributed by atoms with E-state index >= 15 is 0 Å². The third-order valence-electron chi connectivity index (χ3n) is 3.75. The fraction of sp³-hybridized carbons (Fsp3) is 0.462. The number of hydrogen-bond acceptors (Lipinski definition) is 3. The Bertz CT molecular complexity index is 601. The molecule has 2 atom stereocenters. The van der Waals surface area contributed by atoms with Crippen molar-refractivity contribution in [2.24, 2.45) is 11.3 Å². The molecule has 0 heterocycles. The van der Waals surface area contributed by atoms with Crippen LogP contribution in [0.2, 0.25) is 0 Å². The molecule has 18 heavy (non-hydrogen) atoms. The average Bonchev–Trinajstić information content (AvgIpc) is 2.80. The van der Waals surface area contributed by atoms with E-state index in [0.29, 0.717) is 5.56 Å². The summed E-state index contributed by atoms with van der Waals surface area (Å²) in [6, 6.07) is 6.66. The maximum atomic E-state index is 11.7. The zero-order valence-corrected chi connectivity index (χ0v) is 11.4. The molecule has 2 rings (SSSR count). The number of hydrogen-bond donors (Lipinski definition) is 1. The molecule has 0 aromatic heterocycles. The lowest BCUT2D eigenvalue weighted by atomic mass is 10.0. The molecule has 1 aliphatic rings. The summed E-state index contributed by atoms with van der Waals surface area (Å²) >= 11 is 0. The van der Waals surface area contributed by atoms with Crippen LogP contribution in [0.3, 0.4) is 0 Å². The topological polar surface area (TPSA) is 71.4 Å².